The number of hydrogen-bond donors (Lipinski definition) is 0. The lowest BCUT2D eigenvalue weighted by molar-refractivity contribution is 0.0563. The molecule has 0 saturated heterocycles. The van der Waals surface area contributed by atoms with Gasteiger partial charge in [-0.1, -0.05) is 30.0 Å². The summed E-state index contributed by atoms with van der Waals surface area (Å²) >= 11 is 1.53. The van der Waals surface area contributed by atoms with E-state index >= 15 is 0 Å². The molecule has 0 aliphatic carbocycles. The van der Waals surface area contributed by atoms with Gasteiger partial charge in [-0.25, -0.2) is 4.79 Å². The second kappa shape index (κ2) is 6.64. The fourth-order valence-electron chi connectivity index (χ4n) is 2.74. The number of esters is 1. The highest BCUT2D eigenvalue weighted by molar-refractivity contribution is 7.98. The van der Waals surface area contributed by atoms with Crippen molar-refractivity contribution in [3.05, 3.63) is 54.0 Å². The van der Waals surface area contributed by atoms with E-state index in [2.05, 4.69) is 36.5 Å². The molecule has 1 aliphatic heterocycles. The topological polar surface area (TPSA) is 73.4 Å². The lowest BCUT2D eigenvalue weighted by Gasteiger charge is -2.14. The number of fused-ring (bicyclic) bond motifs is 1. The molecule has 0 N–H and O–H groups in total. The zero-order valence-corrected chi connectivity index (χ0v) is 14.4. The number of benzene rings is 1. The van der Waals surface area contributed by atoms with Gasteiger partial charge in [0.2, 0.25) is 11.7 Å². The molecule has 4 rings (SSSR count). The van der Waals surface area contributed by atoms with E-state index in [1.165, 1.54) is 18.9 Å². The van der Waals surface area contributed by atoms with Crippen molar-refractivity contribution in [2.45, 2.75) is 17.5 Å². The molecule has 2 aromatic heterocycles. The maximum absolute atomic E-state index is 11.4. The van der Waals surface area contributed by atoms with Gasteiger partial charge < -0.3 is 14.1 Å². The molecular formula is C17H16N4O3S. The van der Waals surface area contributed by atoms with Crippen LogP contribution >= 0.6 is 11.8 Å². The highest BCUT2D eigenvalue weighted by Gasteiger charge is 2.26. The Hall–Kier alpha value is -2.74. The van der Waals surface area contributed by atoms with E-state index in [-0.39, 0.29) is 5.76 Å². The SMILES string of the molecule is COC(=O)c1ccc(CSc2nnc3n2CCN3c2ccccc2)o1. The summed E-state index contributed by atoms with van der Waals surface area (Å²) in [4.78, 5) is 13.6. The fourth-order valence-corrected chi connectivity index (χ4v) is 3.59. The number of carbonyl (C=O) groups excluding carboxylic acids is 1. The Bertz CT molecular complexity index is 890. The Morgan fingerprint density at radius 2 is 2.04 bits per heavy atom. The lowest BCUT2D eigenvalue weighted by Crippen LogP contribution is -2.13. The number of rotatable bonds is 5. The summed E-state index contributed by atoms with van der Waals surface area (Å²) in [6.45, 7) is 1.71. The van der Waals surface area contributed by atoms with Gasteiger partial charge in [0.05, 0.1) is 12.9 Å². The molecule has 3 heterocycles. The standard InChI is InChI=1S/C17H16N4O3S/c1-23-15(22)14-8-7-13(24-14)11-25-17-19-18-16-20(9-10-21(16)17)12-5-3-2-4-6-12/h2-8H,9-11H2,1H3. The maximum Gasteiger partial charge on any atom is 0.373 e. The van der Waals surface area contributed by atoms with Crippen molar-refractivity contribution in [2.24, 2.45) is 0 Å². The van der Waals surface area contributed by atoms with Crippen molar-refractivity contribution in [1.82, 2.24) is 14.8 Å². The molecule has 0 spiro atoms. The van der Waals surface area contributed by atoms with Crippen molar-refractivity contribution in [1.29, 1.82) is 0 Å². The molecule has 0 unspecified atom stereocenters. The van der Waals surface area contributed by atoms with Crippen molar-refractivity contribution < 1.29 is 13.9 Å². The molecule has 3 aromatic rings. The van der Waals surface area contributed by atoms with Crippen LogP contribution in [0.2, 0.25) is 0 Å². The van der Waals surface area contributed by atoms with Crippen LogP contribution in [0.15, 0.2) is 52.0 Å². The minimum Gasteiger partial charge on any atom is -0.463 e. The number of ether oxygens (including phenoxy) is 1. The number of aromatic nitrogens is 3. The fraction of sp³-hybridized carbons (Fsp3) is 0.235. The largest absolute Gasteiger partial charge is 0.463 e. The molecule has 0 radical (unpaired) electrons. The van der Waals surface area contributed by atoms with Crippen LogP contribution in [-0.4, -0.2) is 34.4 Å². The third-order valence-corrected chi connectivity index (χ3v) is 4.93. The van der Waals surface area contributed by atoms with Crippen LogP contribution in [0.4, 0.5) is 11.6 Å². The second-order valence-corrected chi connectivity index (χ2v) is 6.41. The number of hydrogen-bond acceptors (Lipinski definition) is 7. The zero-order chi connectivity index (χ0) is 17.2. The number of nitrogens with zero attached hydrogens (tertiary/aromatic N) is 4. The molecule has 0 fully saturated rings. The van der Waals surface area contributed by atoms with E-state index < -0.39 is 5.97 Å². The Morgan fingerprint density at radius 1 is 1.20 bits per heavy atom. The predicted octanol–water partition coefficient (Wildman–Crippen LogP) is 3.10. The van der Waals surface area contributed by atoms with Crippen LogP contribution in [-0.2, 0) is 17.0 Å². The third kappa shape index (κ3) is 3.00. The van der Waals surface area contributed by atoms with Gasteiger partial charge in [0.25, 0.3) is 0 Å². The van der Waals surface area contributed by atoms with E-state index in [0.29, 0.717) is 11.5 Å². The third-order valence-electron chi connectivity index (χ3n) is 3.95. The molecule has 1 aromatic carbocycles. The Kier molecular flexibility index (Phi) is 4.19. The smallest absolute Gasteiger partial charge is 0.373 e. The minimum absolute atomic E-state index is 0.208. The molecular weight excluding hydrogens is 340 g/mol. The number of carbonyl (C=O) groups is 1. The molecule has 1 aliphatic rings. The average Bonchev–Trinajstić information content (AvgIpc) is 3.36. The predicted molar refractivity (Wildman–Crippen MR) is 93.1 cm³/mol. The molecule has 25 heavy (non-hydrogen) atoms. The van der Waals surface area contributed by atoms with Crippen LogP contribution in [0.25, 0.3) is 0 Å². The first kappa shape index (κ1) is 15.8. The quantitative estimate of drug-likeness (QED) is 0.514. The number of thioether (sulfide) groups is 1. The minimum atomic E-state index is -0.474. The summed E-state index contributed by atoms with van der Waals surface area (Å²) in [5.74, 6) is 1.85. The average molecular weight is 356 g/mol. The van der Waals surface area contributed by atoms with E-state index in [4.69, 9.17) is 4.42 Å². The molecule has 8 heteroatoms. The van der Waals surface area contributed by atoms with Crippen molar-refractivity contribution >= 4 is 29.4 Å². The molecule has 0 bridgehead atoms. The van der Waals surface area contributed by atoms with Gasteiger partial charge in [0.1, 0.15) is 5.76 Å². The van der Waals surface area contributed by atoms with Gasteiger partial charge >= 0.3 is 5.97 Å². The lowest BCUT2D eigenvalue weighted by atomic mass is 10.3. The van der Waals surface area contributed by atoms with E-state index in [9.17, 15) is 4.79 Å². The number of para-hydroxylation sites is 1. The summed E-state index contributed by atoms with van der Waals surface area (Å²) in [6, 6.07) is 13.5. The first-order valence-corrected chi connectivity index (χ1v) is 8.80. The molecule has 128 valence electrons. The van der Waals surface area contributed by atoms with Gasteiger partial charge in [0.15, 0.2) is 5.16 Å². The van der Waals surface area contributed by atoms with E-state index in [0.717, 1.165) is 29.9 Å². The Morgan fingerprint density at radius 3 is 2.84 bits per heavy atom. The van der Waals surface area contributed by atoms with Crippen LogP contribution in [0.1, 0.15) is 16.3 Å². The normalized spacial score (nSPS) is 13.1. The van der Waals surface area contributed by atoms with Crippen LogP contribution in [0.5, 0.6) is 0 Å². The highest BCUT2D eigenvalue weighted by atomic mass is 32.2. The second-order valence-electron chi connectivity index (χ2n) is 5.47. The summed E-state index contributed by atoms with van der Waals surface area (Å²) in [6.07, 6.45) is 0. The molecule has 0 amide bonds. The van der Waals surface area contributed by atoms with Gasteiger partial charge in [-0.2, -0.15) is 0 Å². The number of furan rings is 1. The number of methoxy groups -OCH3 is 1. The van der Waals surface area contributed by atoms with Crippen molar-refractivity contribution in [2.75, 3.05) is 18.6 Å². The van der Waals surface area contributed by atoms with E-state index in [1.807, 2.05) is 18.2 Å². The van der Waals surface area contributed by atoms with Gasteiger partial charge in [0, 0.05) is 18.8 Å². The van der Waals surface area contributed by atoms with Gasteiger partial charge in [-0.05, 0) is 24.3 Å². The van der Waals surface area contributed by atoms with Gasteiger partial charge in [-0.15, -0.1) is 10.2 Å². The van der Waals surface area contributed by atoms with Crippen LogP contribution < -0.4 is 4.90 Å². The summed E-state index contributed by atoms with van der Waals surface area (Å²) in [5, 5.41) is 9.45. The first-order valence-electron chi connectivity index (χ1n) is 7.82. The van der Waals surface area contributed by atoms with E-state index in [1.54, 1.807) is 12.1 Å². The number of anilines is 2. The zero-order valence-electron chi connectivity index (χ0n) is 13.6. The first-order chi connectivity index (χ1) is 12.3. The Labute approximate surface area is 148 Å². The maximum atomic E-state index is 11.4. The Balaban J connectivity index is 1.47. The monoisotopic (exact) mass is 356 g/mol. The van der Waals surface area contributed by atoms with Crippen LogP contribution in [0, 0.1) is 0 Å². The van der Waals surface area contributed by atoms with Crippen molar-refractivity contribution in [3.8, 4) is 0 Å². The van der Waals surface area contributed by atoms with Crippen LogP contribution in [0.3, 0.4) is 0 Å². The summed E-state index contributed by atoms with van der Waals surface area (Å²) in [7, 11) is 1.33. The molecule has 7 nitrogen and oxygen atoms in total. The summed E-state index contributed by atoms with van der Waals surface area (Å²) < 4.78 is 12.2. The summed E-state index contributed by atoms with van der Waals surface area (Å²) in [5.41, 5.74) is 1.11. The van der Waals surface area contributed by atoms with Gasteiger partial charge in [-0.3, -0.25) is 4.57 Å². The van der Waals surface area contributed by atoms with Crippen molar-refractivity contribution in [3.63, 3.8) is 0 Å². The molecule has 0 saturated carbocycles. The molecule has 0 atom stereocenters. The highest BCUT2D eigenvalue weighted by Crippen LogP contribution is 2.33.